The first kappa shape index (κ1) is 11.0. The minimum absolute atomic E-state index is 0.555. The molecular weight excluding hydrogens is 220 g/mol. The van der Waals surface area contributed by atoms with Gasteiger partial charge in [-0.05, 0) is 24.5 Å². The third-order valence-corrected chi connectivity index (χ3v) is 2.95. The zero-order valence-electron chi connectivity index (χ0n) is 7.60. The van der Waals surface area contributed by atoms with Crippen molar-refractivity contribution in [2.45, 2.75) is 20.3 Å². The maximum absolute atomic E-state index is 6.17. The second kappa shape index (κ2) is 4.45. The molecule has 0 N–H and O–H groups in total. The number of benzene rings is 1. The van der Waals surface area contributed by atoms with Crippen LogP contribution in [0.3, 0.4) is 0 Å². The molecule has 0 atom stereocenters. The molecule has 1 rings (SSSR count). The predicted molar refractivity (Wildman–Crippen MR) is 66.3 cm³/mol. The summed E-state index contributed by atoms with van der Waals surface area (Å²) in [4.78, 5) is 0. The van der Waals surface area contributed by atoms with E-state index in [2.05, 4.69) is 26.5 Å². The molecule has 0 aliphatic rings. The van der Waals surface area contributed by atoms with E-state index in [4.69, 9.17) is 23.8 Å². The Bertz CT molecular complexity index is 345. The van der Waals surface area contributed by atoms with E-state index in [9.17, 15) is 0 Å². The monoisotopic (exact) mass is 230 g/mol. The van der Waals surface area contributed by atoms with Crippen molar-refractivity contribution in [1.82, 2.24) is 0 Å². The molecule has 0 bridgehead atoms. The number of aryl methyl sites for hydroxylation is 1. The number of thiol groups is 1. The van der Waals surface area contributed by atoms with Crippen LogP contribution in [-0.2, 0) is 6.42 Å². The number of rotatable bonds is 2. The molecular formula is C10H11ClS2. The lowest BCUT2D eigenvalue weighted by molar-refractivity contribution is 1.11. The van der Waals surface area contributed by atoms with Crippen LogP contribution < -0.4 is 0 Å². The van der Waals surface area contributed by atoms with E-state index in [0.717, 1.165) is 22.6 Å². The molecule has 3 heteroatoms. The fourth-order valence-corrected chi connectivity index (χ4v) is 2.24. The number of halogens is 1. The Labute approximate surface area is 94.7 Å². The Kier molecular flexibility index (Phi) is 3.77. The Hall–Kier alpha value is -0.0500. The summed E-state index contributed by atoms with van der Waals surface area (Å²) in [6.07, 6.45) is 0.925. The van der Waals surface area contributed by atoms with Crippen LogP contribution in [0, 0.1) is 6.92 Å². The smallest absolute Gasteiger partial charge is 0.0762 e. The molecule has 1 aromatic carbocycles. The SMILES string of the molecule is CCc1c(C)ccc(C(=S)S)c1Cl. The van der Waals surface area contributed by atoms with Gasteiger partial charge in [0.15, 0.2) is 0 Å². The van der Waals surface area contributed by atoms with Gasteiger partial charge in [0.2, 0.25) is 0 Å². The molecule has 0 nitrogen and oxygen atoms in total. The van der Waals surface area contributed by atoms with E-state index in [0.29, 0.717) is 4.20 Å². The zero-order chi connectivity index (χ0) is 10.0. The fraction of sp³-hybridized carbons (Fsp3) is 0.300. The highest BCUT2D eigenvalue weighted by Crippen LogP contribution is 2.26. The molecule has 13 heavy (non-hydrogen) atoms. The summed E-state index contributed by atoms with van der Waals surface area (Å²) in [5.74, 6) is 0. The van der Waals surface area contributed by atoms with Crippen LogP contribution in [0.1, 0.15) is 23.6 Å². The van der Waals surface area contributed by atoms with E-state index in [1.165, 1.54) is 5.56 Å². The van der Waals surface area contributed by atoms with Crippen LogP contribution in [0.15, 0.2) is 12.1 Å². The normalized spacial score (nSPS) is 10.2. The molecule has 0 aliphatic carbocycles. The number of hydrogen-bond donors (Lipinski definition) is 1. The van der Waals surface area contributed by atoms with Crippen molar-refractivity contribution < 1.29 is 0 Å². The van der Waals surface area contributed by atoms with E-state index < -0.39 is 0 Å². The summed E-state index contributed by atoms with van der Waals surface area (Å²) in [6.45, 7) is 4.13. The average Bonchev–Trinajstić information content (AvgIpc) is 2.04. The molecule has 0 aliphatic heterocycles. The van der Waals surface area contributed by atoms with Crippen molar-refractivity contribution in [3.63, 3.8) is 0 Å². The molecule has 0 amide bonds. The van der Waals surface area contributed by atoms with Crippen LogP contribution in [0.2, 0.25) is 5.02 Å². The van der Waals surface area contributed by atoms with E-state index in [1.807, 2.05) is 12.1 Å². The van der Waals surface area contributed by atoms with Gasteiger partial charge in [0.1, 0.15) is 0 Å². The Balaban J connectivity index is 3.35. The maximum atomic E-state index is 6.17. The van der Waals surface area contributed by atoms with Crippen LogP contribution in [0.4, 0.5) is 0 Å². The van der Waals surface area contributed by atoms with Gasteiger partial charge < -0.3 is 0 Å². The average molecular weight is 231 g/mol. The van der Waals surface area contributed by atoms with Crippen molar-refractivity contribution in [3.05, 3.63) is 33.8 Å². The predicted octanol–water partition coefficient (Wildman–Crippen LogP) is 3.82. The molecule has 0 saturated heterocycles. The molecule has 0 unspecified atom stereocenters. The molecule has 0 radical (unpaired) electrons. The fourth-order valence-electron chi connectivity index (χ4n) is 1.32. The standard InChI is InChI=1S/C10H11ClS2/c1-3-7-6(2)4-5-8(9(7)11)10(12)13/h4-5H,3H2,1-2H3,(H,12,13). The highest BCUT2D eigenvalue weighted by Gasteiger charge is 2.08. The quantitative estimate of drug-likeness (QED) is 0.596. The largest absolute Gasteiger partial charge is 0.131 e. The van der Waals surface area contributed by atoms with Crippen molar-refractivity contribution in [3.8, 4) is 0 Å². The summed E-state index contributed by atoms with van der Waals surface area (Å²) < 4.78 is 0.555. The summed E-state index contributed by atoms with van der Waals surface area (Å²) in [7, 11) is 0. The third kappa shape index (κ3) is 2.25. The van der Waals surface area contributed by atoms with E-state index in [1.54, 1.807) is 0 Å². The van der Waals surface area contributed by atoms with Gasteiger partial charge in [0.25, 0.3) is 0 Å². The second-order valence-electron chi connectivity index (χ2n) is 2.88. The lowest BCUT2D eigenvalue weighted by atomic mass is 10.0. The summed E-state index contributed by atoms with van der Waals surface area (Å²) >= 11 is 15.3. The van der Waals surface area contributed by atoms with Gasteiger partial charge in [0.05, 0.1) is 9.22 Å². The van der Waals surface area contributed by atoms with E-state index in [-0.39, 0.29) is 0 Å². The zero-order valence-corrected chi connectivity index (χ0v) is 10.1. The van der Waals surface area contributed by atoms with Crippen molar-refractivity contribution in [2.75, 3.05) is 0 Å². The van der Waals surface area contributed by atoms with E-state index >= 15 is 0 Å². The molecule has 0 saturated carbocycles. The minimum Gasteiger partial charge on any atom is -0.131 e. The molecule has 0 fully saturated rings. The van der Waals surface area contributed by atoms with Gasteiger partial charge in [-0.25, -0.2) is 0 Å². The van der Waals surface area contributed by atoms with Crippen molar-refractivity contribution in [1.29, 1.82) is 0 Å². The summed E-state index contributed by atoms with van der Waals surface area (Å²) in [6, 6.07) is 3.95. The van der Waals surface area contributed by atoms with Crippen LogP contribution in [-0.4, -0.2) is 4.20 Å². The Morgan fingerprint density at radius 1 is 1.54 bits per heavy atom. The topological polar surface area (TPSA) is 0 Å². The maximum Gasteiger partial charge on any atom is 0.0762 e. The highest BCUT2D eigenvalue weighted by molar-refractivity contribution is 8.11. The molecule has 0 aromatic heterocycles. The van der Waals surface area contributed by atoms with Gasteiger partial charge >= 0.3 is 0 Å². The lowest BCUT2D eigenvalue weighted by Gasteiger charge is -2.09. The highest BCUT2D eigenvalue weighted by atomic mass is 35.5. The minimum atomic E-state index is 0.555. The number of hydrogen-bond acceptors (Lipinski definition) is 1. The Morgan fingerprint density at radius 3 is 2.62 bits per heavy atom. The van der Waals surface area contributed by atoms with Gasteiger partial charge in [-0.2, -0.15) is 0 Å². The first-order valence-electron chi connectivity index (χ1n) is 4.09. The van der Waals surface area contributed by atoms with Crippen LogP contribution in [0.25, 0.3) is 0 Å². The second-order valence-corrected chi connectivity index (χ2v) is 4.42. The van der Waals surface area contributed by atoms with Crippen molar-refractivity contribution in [2.24, 2.45) is 0 Å². The van der Waals surface area contributed by atoms with Gasteiger partial charge in [-0.3, -0.25) is 0 Å². The van der Waals surface area contributed by atoms with Crippen LogP contribution in [0.5, 0.6) is 0 Å². The molecule has 1 aromatic rings. The molecule has 70 valence electrons. The first-order chi connectivity index (χ1) is 6.07. The lowest BCUT2D eigenvalue weighted by Crippen LogP contribution is -1.96. The van der Waals surface area contributed by atoms with Crippen molar-refractivity contribution >= 4 is 40.6 Å². The molecule has 0 heterocycles. The third-order valence-electron chi connectivity index (χ3n) is 2.06. The van der Waals surface area contributed by atoms with Gasteiger partial charge in [-0.15, -0.1) is 12.6 Å². The summed E-state index contributed by atoms with van der Waals surface area (Å²) in [5, 5.41) is 0.752. The van der Waals surface area contributed by atoms with Gasteiger partial charge in [-0.1, -0.05) is 42.9 Å². The number of thiocarbonyl (C=S) groups is 1. The first-order valence-corrected chi connectivity index (χ1v) is 5.32. The summed E-state index contributed by atoms with van der Waals surface area (Å²) in [5.41, 5.74) is 3.24. The van der Waals surface area contributed by atoms with Gasteiger partial charge in [0, 0.05) is 5.56 Å². The molecule has 0 spiro atoms. The van der Waals surface area contributed by atoms with Crippen LogP contribution >= 0.6 is 36.4 Å². The Morgan fingerprint density at radius 2 is 2.15 bits per heavy atom.